The van der Waals surface area contributed by atoms with Crippen LogP contribution in [0.1, 0.15) is 54.4 Å². The zero-order chi connectivity index (χ0) is 11.4. The molecule has 0 fully saturated rings. The molecule has 2 heteroatoms. The zero-order valence-electron chi connectivity index (χ0n) is 10.4. The van der Waals surface area contributed by atoms with Crippen LogP contribution in [0.5, 0.6) is 0 Å². The van der Waals surface area contributed by atoms with Crippen molar-refractivity contribution in [2.24, 2.45) is 5.92 Å². The average molecular weight is 200 g/mol. The monoisotopic (exact) mass is 200 g/mol. The maximum Gasteiger partial charge on any atom is 0.164 e. The molecule has 0 heterocycles. The van der Waals surface area contributed by atoms with E-state index in [0.717, 1.165) is 12.8 Å². The van der Waals surface area contributed by atoms with Crippen molar-refractivity contribution in [2.75, 3.05) is 0 Å². The van der Waals surface area contributed by atoms with Crippen molar-refractivity contribution in [3.63, 3.8) is 0 Å². The summed E-state index contributed by atoms with van der Waals surface area (Å²) in [5.74, 6) is 0.288. The van der Waals surface area contributed by atoms with Crippen LogP contribution in [0.15, 0.2) is 0 Å². The van der Waals surface area contributed by atoms with Gasteiger partial charge in [-0.3, -0.25) is 4.79 Å². The van der Waals surface area contributed by atoms with Gasteiger partial charge in [0.15, 0.2) is 5.78 Å². The van der Waals surface area contributed by atoms with Gasteiger partial charge in [-0.05, 0) is 27.2 Å². The van der Waals surface area contributed by atoms with Crippen molar-refractivity contribution in [2.45, 2.75) is 66.1 Å². The van der Waals surface area contributed by atoms with Crippen LogP contribution in [-0.4, -0.2) is 17.5 Å². The van der Waals surface area contributed by atoms with E-state index < -0.39 is 0 Å². The summed E-state index contributed by atoms with van der Waals surface area (Å²) in [5, 5.41) is 0. The van der Waals surface area contributed by atoms with Gasteiger partial charge in [-0.1, -0.05) is 27.2 Å². The quantitative estimate of drug-likeness (QED) is 0.681. The molecule has 0 rings (SSSR count). The molecule has 0 aliphatic heterocycles. The number of Topliss-reactive ketones (excluding diaryl/α,β-unsaturated/α-hetero) is 1. The molecule has 0 saturated heterocycles. The number of hydrogen-bond acceptors (Lipinski definition) is 2. The van der Waals surface area contributed by atoms with Crippen molar-refractivity contribution in [1.29, 1.82) is 0 Å². The molecule has 2 nitrogen and oxygen atoms in total. The number of ether oxygens (including phenoxy) is 1. The molecule has 0 unspecified atom stereocenters. The van der Waals surface area contributed by atoms with Crippen LogP contribution in [0.4, 0.5) is 0 Å². The highest BCUT2D eigenvalue weighted by Gasteiger charge is 2.25. The van der Waals surface area contributed by atoms with E-state index >= 15 is 0 Å². The van der Waals surface area contributed by atoms with Crippen molar-refractivity contribution < 1.29 is 9.53 Å². The smallest absolute Gasteiger partial charge is 0.164 e. The van der Waals surface area contributed by atoms with Gasteiger partial charge < -0.3 is 4.74 Å². The molecule has 0 radical (unpaired) electrons. The lowest BCUT2D eigenvalue weighted by Gasteiger charge is -2.27. The summed E-state index contributed by atoms with van der Waals surface area (Å²) >= 11 is 0. The van der Waals surface area contributed by atoms with Gasteiger partial charge in [-0.25, -0.2) is 0 Å². The third-order valence-corrected chi connectivity index (χ3v) is 1.93. The molecule has 0 aromatic heterocycles. The summed E-state index contributed by atoms with van der Waals surface area (Å²) < 4.78 is 5.75. The van der Waals surface area contributed by atoms with Gasteiger partial charge in [-0.15, -0.1) is 0 Å². The van der Waals surface area contributed by atoms with E-state index in [2.05, 4.69) is 6.92 Å². The Kier molecular flexibility index (Phi) is 5.35. The van der Waals surface area contributed by atoms with Crippen LogP contribution < -0.4 is 0 Å². The second kappa shape index (κ2) is 5.50. The molecule has 0 spiro atoms. The third kappa shape index (κ3) is 5.38. The van der Waals surface area contributed by atoms with Gasteiger partial charge >= 0.3 is 0 Å². The summed E-state index contributed by atoms with van der Waals surface area (Å²) in [6.45, 7) is 11.9. The van der Waals surface area contributed by atoms with Crippen molar-refractivity contribution in [1.82, 2.24) is 0 Å². The van der Waals surface area contributed by atoms with Gasteiger partial charge in [0.25, 0.3) is 0 Å². The SMILES string of the molecule is CCC[C@@H](OC(C)(C)C)C(=O)C(C)C. The van der Waals surface area contributed by atoms with Gasteiger partial charge in [-0.2, -0.15) is 0 Å². The molecule has 0 aliphatic carbocycles. The molecular formula is C12H24O2. The largest absolute Gasteiger partial charge is 0.365 e. The predicted octanol–water partition coefficient (Wildman–Crippen LogP) is 3.20. The summed E-state index contributed by atoms with van der Waals surface area (Å²) in [6.07, 6.45) is 1.59. The van der Waals surface area contributed by atoms with Gasteiger partial charge in [0.05, 0.1) is 5.60 Å². The Labute approximate surface area is 88.0 Å². The maximum atomic E-state index is 11.8. The van der Waals surface area contributed by atoms with Crippen LogP contribution in [0.25, 0.3) is 0 Å². The van der Waals surface area contributed by atoms with Crippen molar-refractivity contribution in [3.05, 3.63) is 0 Å². The topological polar surface area (TPSA) is 26.3 Å². The zero-order valence-corrected chi connectivity index (χ0v) is 10.4. The number of rotatable bonds is 5. The lowest BCUT2D eigenvalue weighted by Crippen LogP contribution is -2.35. The third-order valence-electron chi connectivity index (χ3n) is 1.93. The predicted molar refractivity (Wildman–Crippen MR) is 59.4 cm³/mol. The van der Waals surface area contributed by atoms with E-state index in [9.17, 15) is 4.79 Å². The number of carbonyl (C=O) groups excluding carboxylic acids is 1. The minimum atomic E-state index is -0.232. The lowest BCUT2D eigenvalue weighted by atomic mass is 9.99. The molecular weight excluding hydrogens is 176 g/mol. The summed E-state index contributed by atoms with van der Waals surface area (Å²) in [7, 11) is 0. The molecule has 14 heavy (non-hydrogen) atoms. The normalized spacial score (nSPS) is 14.5. The molecule has 1 atom stereocenters. The molecule has 0 aromatic carbocycles. The van der Waals surface area contributed by atoms with Crippen LogP contribution in [0.3, 0.4) is 0 Å². The highest BCUT2D eigenvalue weighted by molar-refractivity contribution is 5.84. The Bertz CT molecular complexity index is 177. The first-order chi connectivity index (χ1) is 6.28. The van der Waals surface area contributed by atoms with E-state index in [1.807, 2.05) is 34.6 Å². The first-order valence-electron chi connectivity index (χ1n) is 5.49. The molecule has 84 valence electrons. The Hall–Kier alpha value is -0.370. The number of carbonyl (C=O) groups is 1. The van der Waals surface area contributed by atoms with E-state index in [0.29, 0.717) is 0 Å². The number of ketones is 1. The first-order valence-corrected chi connectivity index (χ1v) is 5.49. The van der Waals surface area contributed by atoms with Crippen LogP contribution in [0.2, 0.25) is 0 Å². The van der Waals surface area contributed by atoms with Crippen molar-refractivity contribution >= 4 is 5.78 Å². The van der Waals surface area contributed by atoms with Gasteiger partial charge in [0.2, 0.25) is 0 Å². The summed E-state index contributed by atoms with van der Waals surface area (Å²) in [4.78, 5) is 11.8. The minimum absolute atomic E-state index is 0.0638. The lowest BCUT2D eigenvalue weighted by molar-refractivity contribution is -0.144. The van der Waals surface area contributed by atoms with E-state index in [1.165, 1.54) is 0 Å². The van der Waals surface area contributed by atoms with Crippen LogP contribution >= 0.6 is 0 Å². The van der Waals surface area contributed by atoms with Gasteiger partial charge in [0.1, 0.15) is 6.10 Å². The standard InChI is InChI=1S/C12H24O2/c1-7-8-10(11(13)9(2)3)14-12(4,5)6/h9-10H,7-8H2,1-6H3/t10-/m1/s1. The molecule has 0 aliphatic rings. The van der Waals surface area contributed by atoms with Gasteiger partial charge in [0, 0.05) is 5.92 Å². The molecule has 0 bridgehead atoms. The van der Waals surface area contributed by atoms with E-state index in [-0.39, 0.29) is 23.4 Å². The Morgan fingerprint density at radius 3 is 2.07 bits per heavy atom. The second-order valence-electron chi connectivity index (χ2n) is 5.06. The minimum Gasteiger partial charge on any atom is -0.365 e. The fraction of sp³-hybridized carbons (Fsp3) is 0.917. The van der Waals surface area contributed by atoms with E-state index in [1.54, 1.807) is 0 Å². The summed E-state index contributed by atoms with van der Waals surface area (Å²) in [6, 6.07) is 0. The fourth-order valence-corrected chi connectivity index (χ4v) is 1.32. The molecule has 0 N–H and O–H groups in total. The first kappa shape index (κ1) is 13.6. The molecule has 0 amide bonds. The Balaban J connectivity index is 4.36. The average Bonchev–Trinajstić information content (AvgIpc) is 1.99. The summed E-state index contributed by atoms with van der Waals surface area (Å²) in [5.41, 5.74) is -0.232. The highest BCUT2D eigenvalue weighted by Crippen LogP contribution is 2.17. The van der Waals surface area contributed by atoms with Crippen molar-refractivity contribution in [3.8, 4) is 0 Å². The van der Waals surface area contributed by atoms with Crippen LogP contribution in [-0.2, 0) is 9.53 Å². The maximum absolute atomic E-state index is 11.8. The Morgan fingerprint density at radius 2 is 1.79 bits per heavy atom. The van der Waals surface area contributed by atoms with Crippen LogP contribution in [0, 0.1) is 5.92 Å². The number of hydrogen-bond donors (Lipinski definition) is 0. The fourth-order valence-electron chi connectivity index (χ4n) is 1.32. The van der Waals surface area contributed by atoms with E-state index in [4.69, 9.17) is 4.74 Å². The highest BCUT2D eigenvalue weighted by atomic mass is 16.5. The second-order valence-corrected chi connectivity index (χ2v) is 5.06. The Morgan fingerprint density at radius 1 is 1.29 bits per heavy atom. The molecule has 0 aromatic rings. The molecule has 0 saturated carbocycles.